The average molecular weight is 310 g/mol. The number of rotatable bonds is 4. The van der Waals surface area contributed by atoms with Gasteiger partial charge >= 0.3 is 0 Å². The number of likely N-dealkylation sites (tertiary alicyclic amines) is 1. The zero-order valence-electron chi connectivity index (χ0n) is 11.8. The molecule has 114 valence electrons. The minimum atomic E-state index is -0.201. The van der Waals surface area contributed by atoms with E-state index in [4.69, 9.17) is 17.4 Å². The standard InChI is InChI=1S/C15H20ClN3O2/c16-13-6-2-1-4-11(13)7-8-14(20)19-9-3-5-12(10-19)15(21)18-17/h1-2,4,6,12H,3,5,7-10,17H2,(H,18,21). The van der Waals surface area contributed by atoms with Crippen LogP contribution >= 0.6 is 11.6 Å². The predicted molar refractivity (Wildman–Crippen MR) is 81.4 cm³/mol. The highest BCUT2D eigenvalue weighted by molar-refractivity contribution is 6.31. The number of carbonyl (C=O) groups excluding carboxylic acids is 2. The van der Waals surface area contributed by atoms with Crippen LogP contribution in [0.5, 0.6) is 0 Å². The van der Waals surface area contributed by atoms with E-state index in [1.54, 1.807) is 4.90 Å². The summed E-state index contributed by atoms with van der Waals surface area (Å²) >= 11 is 6.09. The van der Waals surface area contributed by atoms with Gasteiger partial charge in [-0.3, -0.25) is 15.0 Å². The van der Waals surface area contributed by atoms with Gasteiger partial charge in [0.15, 0.2) is 0 Å². The van der Waals surface area contributed by atoms with Crippen molar-refractivity contribution in [2.24, 2.45) is 11.8 Å². The fourth-order valence-corrected chi connectivity index (χ4v) is 2.87. The van der Waals surface area contributed by atoms with Crippen molar-refractivity contribution in [2.75, 3.05) is 13.1 Å². The highest BCUT2D eigenvalue weighted by atomic mass is 35.5. The normalized spacial score (nSPS) is 18.4. The van der Waals surface area contributed by atoms with Gasteiger partial charge in [0, 0.05) is 24.5 Å². The van der Waals surface area contributed by atoms with Crippen LogP contribution in [0.4, 0.5) is 0 Å². The number of piperidine rings is 1. The molecule has 6 heteroatoms. The first kappa shape index (κ1) is 15.8. The molecule has 1 unspecified atom stereocenters. The third-order valence-electron chi connectivity index (χ3n) is 3.85. The highest BCUT2D eigenvalue weighted by Crippen LogP contribution is 2.20. The van der Waals surface area contributed by atoms with Gasteiger partial charge in [0.25, 0.3) is 0 Å². The Kier molecular flexibility index (Phi) is 5.59. The number of aryl methyl sites for hydroxylation is 1. The van der Waals surface area contributed by atoms with Gasteiger partial charge in [-0.2, -0.15) is 0 Å². The molecule has 0 saturated carbocycles. The molecule has 0 aromatic heterocycles. The molecule has 1 saturated heterocycles. The van der Waals surface area contributed by atoms with Crippen molar-refractivity contribution < 1.29 is 9.59 Å². The van der Waals surface area contributed by atoms with Gasteiger partial charge in [0.05, 0.1) is 5.92 Å². The van der Waals surface area contributed by atoms with E-state index in [0.29, 0.717) is 31.0 Å². The average Bonchev–Trinajstić information content (AvgIpc) is 2.53. The minimum absolute atomic E-state index is 0.0597. The molecule has 0 aliphatic carbocycles. The Bertz CT molecular complexity index is 521. The Labute approximate surface area is 129 Å². The summed E-state index contributed by atoms with van der Waals surface area (Å²) in [7, 11) is 0. The Morgan fingerprint density at radius 3 is 2.86 bits per heavy atom. The minimum Gasteiger partial charge on any atom is -0.342 e. The topological polar surface area (TPSA) is 75.4 Å². The molecule has 2 amide bonds. The first-order valence-electron chi connectivity index (χ1n) is 7.13. The zero-order chi connectivity index (χ0) is 15.2. The van der Waals surface area contributed by atoms with E-state index in [1.165, 1.54) is 0 Å². The van der Waals surface area contributed by atoms with Gasteiger partial charge in [-0.15, -0.1) is 0 Å². The van der Waals surface area contributed by atoms with E-state index in [0.717, 1.165) is 18.4 Å². The molecule has 1 fully saturated rings. The van der Waals surface area contributed by atoms with Crippen LogP contribution in [-0.4, -0.2) is 29.8 Å². The number of hydrogen-bond acceptors (Lipinski definition) is 3. The third-order valence-corrected chi connectivity index (χ3v) is 4.22. The van der Waals surface area contributed by atoms with E-state index in [-0.39, 0.29) is 17.7 Å². The molecule has 1 atom stereocenters. The number of halogens is 1. The third kappa shape index (κ3) is 4.19. The monoisotopic (exact) mass is 309 g/mol. The Morgan fingerprint density at radius 2 is 2.14 bits per heavy atom. The van der Waals surface area contributed by atoms with Crippen LogP contribution in [0.15, 0.2) is 24.3 Å². The van der Waals surface area contributed by atoms with Gasteiger partial charge in [0.2, 0.25) is 11.8 Å². The van der Waals surface area contributed by atoms with Gasteiger partial charge in [-0.1, -0.05) is 29.8 Å². The quantitative estimate of drug-likeness (QED) is 0.503. The fourth-order valence-electron chi connectivity index (χ4n) is 2.64. The molecule has 0 spiro atoms. The Hall–Kier alpha value is -1.59. The molecule has 1 aliphatic heterocycles. The molecule has 0 radical (unpaired) electrons. The fraction of sp³-hybridized carbons (Fsp3) is 0.467. The maximum atomic E-state index is 12.3. The number of amides is 2. The van der Waals surface area contributed by atoms with Crippen molar-refractivity contribution in [1.29, 1.82) is 0 Å². The second kappa shape index (κ2) is 7.43. The van der Waals surface area contributed by atoms with Crippen LogP contribution in [0, 0.1) is 5.92 Å². The molecule has 0 bridgehead atoms. The van der Waals surface area contributed by atoms with Crippen LogP contribution in [0.25, 0.3) is 0 Å². The molecular weight excluding hydrogens is 290 g/mol. The lowest BCUT2D eigenvalue weighted by molar-refractivity contribution is -0.135. The van der Waals surface area contributed by atoms with Crippen LogP contribution in [0.2, 0.25) is 5.02 Å². The van der Waals surface area contributed by atoms with Gasteiger partial charge < -0.3 is 4.90 Å². The summed E-state index contributed by atoms with van der Waals surface area (Å²) < 4.78 is 0. The number of hydrazine groups is 1. The number of hydrogen-bond donors (Lipinski definition) is 2. The van der Waals surface area contributed by atoms with E-state index in [1.807, 2.05) is 24.3 Å². The Balaban J connectivity index is 1.88. The van der Waals surface area contributed by atoms with Crippen LogP contribution in [0.3, 0.4) is 0 Å². The summed E-state index contributed by atoms with van der Waals surface area (Å²) in [4.78, 5) is 25.6. The molecule has 1 aliphatic rings. The smallest absolute Gasteiger partial charge is 0.238 e. The summed E-state index contributed by atoms with van der Waals surface area (Å²) in [5, 5.41) is 0.685. The first-order chi connectivity index (χ1) is 10.1. The number of nitrogens with zero attached hydrogens (tertiary/aromatic N) is 1. The van der Waals surface area contributed by atoms with Crippen molar-refractivity contribution in [3.05, 3.63) is 34.9 Å². The number of carbonyl (C=O) groups is 2. The lowest BCUT2D eigenvalue weighted by atomic mass is 9.97. The van der Waals surface area contributed by atoms with Crippen molar-refractivity contribution >= 4 is 23.4 Å². The predicted octanol–water partition coefficient (Wildman–Crippen LogP) is 1.50. The zero-order valence-corrected chi connectivity index (χ0v) is 12.6. The van der Waals surface area contributed by atoms with Gasteiger partial charge in [0.1, 0.15) is 0 Å². The number of nitrogens with one attached hydrogen (secondary N) is 1. The van der Waals surface area contributed by atoms with E-state index >= 15 is 0 Å². The molecule has 1 aromatic carbocycles. The van der Waals surface area contributed by atoms with Crippen molar-refractivity contribution in [2.45, 2.75) is 25.7 Å². The summed E-state index contributed by atoms with van der Waals surface area (Å²) in [5.74, 6) is 4.82. The van der Waals surface area contributed by atoms with Crippen LogP contribution in [0.1, 0.15) is 24.8 Å². The SMILES string of the molecule is NNC(=O)C1CCCN(C(=O)CCc2ccccc2Cl)C1. The molecule has 21 heavy (non-hydrogen) atoms. The summed E-state index contributed by atoms with van der Waals surface area (Å²) in [6.45, 7) is 1.15. The largest absolute Gasteiger partial charge is 0.342 e. The molecule has 1 heterocycles. The molecule has 1 aromatic rings. The van der Waals surface area contributed by atoms with Gasteiger partial charge in [-0.05, 0) is 30.9 Å². The number of benzene rings is 1. The van der Waals surface area contributed by atoms with Gasteiger partial charge in [-0.25, -0.2) is 5.84 Å². The van der Waals surface area contributed by atoms with E-state index < -0.39 is 0 Å². The molecule has 2 rings (SSSR count). The lowest BCUT2D eigenvalue weighted by Crippen LogP contribution is -2.47. The van der Waals surface area contributed by atoms with Crippen molar-refractivity contribution in [3.63, 3.8) is 0 Å². The molecular formula is C15H20ClN3O2. The first-order valence-corrected chi connectivity index (χ1v) is 7.51. The maximum Gasteiger partial charge on any atom is 0.238 e. The lowest BCUT2D eigenvalue weighted by Gasteiger charge is -2.31. The van der Waals surface area contributed by atoms with E-state index in [2.05, 4.69) is 5.43 Å². The second-order valence-electron chi connectivity index (χ2n) is 5.28. The van der Waals surface area contributed by atoms with E-state index in [9.17, 15) is 9.59 Å². The van der Waals surface area contributed by atoms with Crippen LogP contribution < -0.4 is 11.3 Å². The second-order valence-corrected chi connectivity index (χ2v) is 5.69. The summed E-state index contributed by atoms with van der Waals surface area (Å²) in [5.41, 5.74) is 3.14. The van der Waals surface area contributed by atoms with Crippen LogP contribution in [-0.2, 0) is 16.0 Å². The summed E-state index contributed by atoms with van der Waals surface area (Å²) in [6.07, 6.45) is 2.62. The molecule has 3 N–H and O–H groups in total. The highest BCUT2D eigenvalue weighted by Gasteiger charge is 2.27. The number of nitrogens with two attached hydrogens (primary N) is 1. The van der Waals surface area contributed by atoms with Crippen molar-refractivity contribution in [1.82, 2.24) is 10.3 Å². The Morgan fingerprint density at radius 1 is 1.38 bits per heavy atom. The van der Waals surface area contributed by atoms with Crippen molar-refractivity contribution in [3.8, 4) is 0 Å². The maximum absolute atomic E-state index is 12.3. The summed E-state index contributed by atoms with van der Waals surface area (Å²) in [6, 6.07) is 7.53. The molecule has 5 nitrogen and oxygen atoms in total.